The molecule has 2 heteroatoms. The molecular weight excluding hydrogens is 222 g/mol. The lowest BCUT2D eigenvalue weighted by molar-refractivity contribution is 0.464. The molecule has 0 bridgehead atoms. The van der Waals surface area contributed by atoms with Crippen LogP contribution in [0.15, 0.2) is 36.4 Å². The fraction of sp³-hybridized carbons (Fsp3) is 0.250. The van der Waals surface area contributed by atoms with Gasteiger partial charge in [-0.1, -0.05) is 35.4 Å². The van der Waals surface area contributed by atoms with Crippen molar-refractivity contribution in [2.24, 2.45) is 0 Å². The fourth-order valence-corrected chi connectivity index (χ4v) is 2.05. The molecule has 2 aromatic rings. The first-order chi connectivity index (χ1) is 8.56. The lowest BCUT2D eigenvalue weighted by Gasteiger charge is -2.11. The van der Waals surface area contributed by atoms with Crippen molar-refractivity contribution in [2.75, 3.05) is 5.32 Å². The van der Waals surface area contributed by atoms with Crippen molar-refractivity contribution < 1.29 is 5.11 Å². The average molecular weight is 241 g/mol. The van der Waals surface area contributed by atoms with Crippen LogP contribution in [0, 0.1) is 20.8 Å². The van der Waals surface area contributed by atoms with Crippen LogP contribution in [0.5, 0.6) is 5.75 Å². The summed E-state index contributed by atoms with van der Waals surface area (Å²) >= 11 is 0. The minimum Gasteiger partial charge on any atom is -0.507 e. The molecule has 0 atom stereocenters. The molecule has 94 valence electrons. The van der Waals surface area contributed by atoms with Gasteiger partial charge < -0.3 is 10.4 Å². The van der Waals surface area contributed by atoms with Crippen LogP contribution < -0.4 is 5.32 Å². The van der Waals surface area contributed by atoms with Gasteiger partial charge >= 0.3 is 0 Å². The average Bonchev–Trinajstić information content (AvgIpc) is 2.34. The molecule has 0 saturated heterocycles. The number of anilines is 1. The van der Waals surface area contributed by atoms with Crippen LogP contribution in [0.3, 0.4) is 0 Å². The van der Waals surface area contributed by atoms with Gasteiger partial charge in [-0.2, -0.15) is 0 Å². The van der Waals surface area contributed by atoms with Crippen LogP contribution in [-0.2, 0) is 6.54 Å². The minimum absolute atomic E-state index is 0.389. The van der Waals surface area contributed by atoms with Gasteiger partial charge in [0, 0.05) is 17.8 Å². The Labute approximate surface area is 108 Å². The Balaban J connectivity index is 2.13. The molecule has 0 radical (unpaired) electrons. The van der Waals surface area contributed by atoms with Crippen LogP contribution in [-0.4, -0.2) is 5.11 Å². The Bertz CT molecular complexity index is 544. The van der Waals surface area contributed by atoms with Crippen molar-refractivity contribution in [1.82, 2.24) is 0 Å². The minimum atomic E-state index is 0.389. The maximum absolute atomic E-state index is 10.0. The standard InChI is InChI=1S/C16H19NO/c1-11-4-6-15(7-5-11)17-10-14-9-12(2)8-13(3)16(14)18/h4-9,17-18H,10H2,1-3H3. The van der Waals surface area contributed by atoms with Gasteiger partial charge in [0.2, 0.25) is 0 Å². The van der Waals surface area contributed by atoms with Gasteiger partial charge in [-0.25, -0.2) is 0 Å². The van der Waals surface area contributed by atoms with E-state index in [9.17, 15) is 5.11 Å². The summed E-state index contributed by atoms with van der Waals surface area (Å²) in [5.41, 5.74) is 5.35. The van der Waals surface area contributed by atoms with Gasteiger partial charge in [-0.05, 0) is 38.5 Å². The second kappa shape index (κ2) is 5.13. The molecule has 0 aliphatic heterocycles. The zero-order chi connectivity index (χ0) is 13.1. The summed E-state index contributed by atoms with van der Waals surface area (Å²) in [5, 5.41) is 13.3. The highest BCUT2D eigenvalue weighted by molar-refractivity contribution is 5.48. The number of hydrogen-bond acceptors (Lipinski definition) is 2. The van der Waals surface area contributed by atoms with E-state index in [1.807, 2.05) is 26.0 Å². The first kappa shape index (κ1) is 12.5. The molecule has 0 spiro atoms. The van der Waals surface area contributed by atoms with Crippen LogP contribution >= 0.6 is 0 Å². The number of rotatable bonds is 3. The highest BCUT2D eigenvalue weighted by Gasteiger charge is 2.05. The van der Waals surface area contributed by atoms with Crippen LogP contribution in [0.4, 0.5) is 5.69 Å². The fourth-order valence-electron chi connectivity index (χ4n) is 2.05. The molecule has 0 aliphatic rings. The van der Waals surface area contributed by atoms with Crippen molar-refractivity contribution in [3.8, 4) is 5.75 Å². The van der Waals surface area contributed by atoms with E-state index in [0.717, 1.165) is 16.8 Å². The quantitative estimate of drug-likeness (QED) is 0.853. The molecule has 0 saturated carbocycles. The van der Waals surface area contributed by atoms with Gasteiger partial charge in [0.1, 0.15) is 5.75 Å². The number of aryl methyl sites for hydroxylation is 3. The second-order valence-corrected chi connectivity index (χ2v) is 4.81. The van der Waals surface area contributed by atoms with Crippen LogP contribution in [0.2, 0.25) is 0 Å². The smallest absolute Gasteiger partial charge is 0.123 e. The molecule has 0 aliphatic carbocycles. The second-order valence-electron chi connectivity index (χ2n) is 4.81. The van der Waals surface area contributed by atoms with Crippen molar-refractivity contribution in [1.29, 1.82) is 0 Å². The number of benzene rings is 2. The molecular formula is C16H19NO. The Kier molecular flexibility index (Phi) is 3.56. The third kappa shape index (κ3) is 2.83. The Morgan fingerprint density at radius 1 is 0.944 bits per heavy atom. The monoisotopic (exact) mass is 241 g/mol. The summed E-state index contributed by atoms with van der Waals surface area (Å²) in [6, 6.07) is 12.3. The lowest BCUT2D eigenvalue weighted by Crippen LogP contribution is -2.00. The molecule has 2 aromatic carbocycles. The van der Waals surface area contributed by atoms with E-state index in [1.165, 1.54) is 11.1 Å². The summed E-state index contributed by atoms with van der Waals surface area (Å²) in [7, 11) is 0. The third-order valence-electron chi connectivity index (χ3n) is 3.06. The van der Waals surface area contributed by atoms with E-state index >= 15 is 0 Å². The maximum Gasteiger partial charge on any atom is 0.123 e. The first-order valence-electron chi connectivity index (χ1n) is 6.16. The molecule has 0 amide bonds. The molecule has 0 aromatic heterocycles. The number of hydrogen-bond donors (Lipinski definition) is 2. The van der Waals surface area contributed by atoms with Crippen LogP contribution in [0.1, 0.15) is 22.3 Å². The Morgan fingerprint density at radius 2 is 1.61 bits per heavy atom. The first-order valence-corrected chi connectivity index (χ1v) is 6.16. The normalized spacial score (nSPS) is 10.4. The largest absolute Gasteiger partial charge is 0.507 e. The molecule has 2 rings (SSSR count). The molecule has 18 heavy (non-hydrogen) atoms. The van der Waals surface area contributed by atoms with Crippen molar-refractivity contribution in [3.05, 3.63) is 58.7 Å². The summed E-state index contributed by atoms with van der Waals surface area (Å²) in [4.78, 5) is 0. The lowest BCUT2D eigenvalue weighted by atomic mass is 10.1. The molecule has 2 N–H and O–H groups in total. The predicted molar refractivity (Wildman–Crippen MR) is 76.1 cm³/mol. The van der Waals surface area contributed by atoms with Crippen molar-refractivity contribution >= 4 is 5.69 Å². The van der Waals surface area contributed by atoms with E-state index in [1.54, 1.807) is 0 Å². The topological polar surface area (TPSA) is 32.3 Å². The van der Waals surface area contributed by atoms with Crippen molar-refractivity contribution in [3.63, 3.8) is 0 Å². The van der Waals surface area contributed by atoms with Gasteiger partial charge in [0.25, 0.3) is 0 Å². The summed E-state index contributed by atoms with van der Waals surface area (Å²) in [6.07, 6.45) is 0. The molecule has 0 heterocycles. The van der Waals surface area contributed by atoms with E-state index in [2.05, 4.69) is 36.5 Å². The van der Waals surface area contributed by atoms with E-state index in [0.29, 0.717) is 12.3 Å². The van der Waals surface area contributed by atoms with E-state index in [-0.39, 0.29) is 0 Å². The van der Waals surface area contributed by atoms with Crippen LogP contribution in [0.25, 0.3) is 0 Å². The Morgan fingerprint density at radius 3 is 2.28 bits per heavy atom. The van der Waals surface area contributed by atoms with E-state index < -0.39 is 0 Å². The number of phenolic OH excluding ortho intramolecular Hbond substituents is 1. The number of nitrogens with one attached hydrogen (secondary N) is 1. The van der Waals surface area contributed by atoms with Gasteiger partial charge in [-0.15, -0.1) is 0 Å². The van der Waals surface area contributed by atoms with Gasteiger partial charge in [0.15, 0.2) is 0 Å². The highest BCUT2D eigenvalue weighted by Crippen LogP contribution is 2.24. The number of aromatic hydroxyl groups is 1. The zero-order valence-electron chi connectivity index (χ0n) is 11.1. The SMILES string of the molecule is Cc1ccc(NCc2cc(C)cc(C)c2O)cc1. The Hall–Kier alpha value is -1.96. The molecule has 2 nitrogen and oxygen atoms in total. The number of phenols is 1. The third-order valence-corrected chi connectivity index (χ3v) is 3.06. The van der Waals surface area contributed by atoms with Crippen molar-refractivity contribution in [2.45, 2.75) is 27.3 Å². The summed E-state index contributed by atoms with van der Waals surface area (Å²) in [6.45, 7) is 6.68. The van der Waals surface area contributed by atoms with Gasteiger partial charge in [-0.3, -0.25) is 0 Å². The zero-order valence-corrected chi connectivity index (χ0v) is 11.1. The molecule has 0 unspecified atom stereocenters. The summed E-state index contributed by atoms with van der Waals surface area (Å²) in [5.74, 6) is 0.389. The van der Waals surface area contributed by atoms with Gasteiger partial charge in [0.05, 0.1) is 0 Å². The molecule has 0 fully saturated rings. The summed E-state index contributed by atoms with van der Waals surface area (Å²) < 4.78 is 0. The van der Waals surface area contributed by atoms with E-state index in [4.69, 9.17) is 0 Å². The maximum atomic E-state index is 10.0. The predicted octanol–water partition coefficient (Wildman–Crippen LogP) is 3.93. The highest BCUT2D eigenvalue weighted by atomic mass is 16.3.